The van der Waals surface area contributed by atoms with Crippen molar-refractivity contribution in [3.63, 3.8) is 0 Å². The quantitative estimate of drug-likeness (QED) is 0.507. The number of benzene rings is 2. The van der Waals surface area contributed by atoms with Gasteiger partial charge in [0.1, 0.15) is 5.82 Å². The number of piperazine rings is 1. The maximum atomic E-state index is 12.3. The fraction of sp³-hybridized carbons (Fsp3) is 0.370. The summed E-state index contributed by atoms with van der Waals surface area (Å²) in [6, 6.07) is 16.2. The summed E-state index contributed by atoms with van der Waals surface area (Å²) in [5.74, 6) is -0.123. The molecule has 2 aliphatic rings. The van der Waals surface area contributed by atoms with E-state index in [0.29, 0.717) is 12.2 Å². The Labute approximate surface area is 219 Å². The van der Waals surface area contributed by atoms with Gasteiger partial charge in [0, 0.05) is 75.6 Å². The number of aryl methyl sites for hydroxylation is 1. The van der Waals surface area contributed by atoms with Crippen LogP contribution in [0.25, 0.3) is 0 Å². The van der Waals surface area contributed by atoms with Gasteiger partial charge in [-0.25, -0.2) is 4.79 Å². The molecule has 0 aliphatic carbocycles. The number of fused-ring (bicyclic) bond motifs is 2. The minimum atomic E-state index is -0.788. The molecule has 3 heterocycles. The lowest BCUT2D eigenvalue weighted by Crippen LogP contribution is -2.50. The van der Waals surface area contributed by atoms with Gasteiger partial charge in [0.05, 0.1) is 11.4 Å². The van der Waals surface area contributed by atoms with Crippen LogP contribution in [0.15, 0.2) is 67.9 Å². The molecule has 194 valence electrons. The van der Waals surface area contributed by atoms with Crippen LogP contribution in [0, 0.1) is 0 Å². The minimum Gasteiger partial charge on any atom is -0.481 e. The zero-order chi connectivity index (χ0) is 26.1. The van der Waals surface area contributed by atoms with Gasteiger partial charge in [-0.1, -0.05) is 30.0 Å². The van der Waals surface area contributed by atoms with Crippen LogP contribution >= 0.6 is 11.8 Å². The first-order valence-corrected chi connectivity index (χ1v) is 13.3. The van der Waals surface area contributed by atoms with Gasteiger partial charge >= 0.3 is 11.7 Å². The summed E-state index contributed by atoms with van der Waals surface area (Å²) in [6.07, 6.45) is 0.627. The highest BCUT2D eigenvalue weighted by molar-refractivity contribution is 7.99. The molecule has 5 rings (SSSR count). The fourth-order valence-electron chi connectivity index (χ4n) is 4.99. The van der Waals surface area contributed by atoms with Crippen molar-refractivity contribution in [1.29, 1.82) is 0 Å². The topological polar surface area (TPSA) is 91.0 Å². The zero-order valence-electron chi connectivity index (χ0n) is 21.1. The van der Waals surface area contributed by atoms with Crippen molar-refractivity contribution in [2.75, 3.05) is 49.1 Å². The summed E-state index contributed by atoms with van der Waals surface area (Å²) in [6.45, 7) is 4.81. The standard InChI is InChI=1S/C27H31N5O4S/c1-28-24(18-25(33)29(2)27(28)36)31-14-11-30(12-15-31)13-16-32-20-5-3-4-6-22(20)37-23-9-7-19(17-21(23)32)8-10-26(34)35/h3-7,9,17-18H,8,10-16H2,1-2H3,(H,34,35). The molecule has 37 heavy (non-hydrogen) atoms. The van der Waals surface area contributed by atoms with Gasteiger partial charge in [0.2, 0.25) is 0 Å². The van der Waals surface area contributed by atoms with E-state index in [4.69, 9.17) is 5.11 Å². The monoisotopic (exact) mass is 521 g/mol. The van der Waals surface area contributed by atoms with Crippen molar-refractivity contribution < 1.29 is 9.90 Å². The Morgan fingerprint density at radius 2 is 1.62 bits per heavy atom. The lowest BCUT2D eigenvalue weighted by atomic mass is 10.1. The Balaban J connectivity index is 1.30. The van der Waals surface area contributed by atoms with E-state index >= 15 is 0 Å². The molecule has 0 saturated carbocycles. The van der Waals surface area contributed by atoms with E-state index in [1.807, 2.05) is 6.07 Å². The number of hydrogen-bond acceptors (Lipinski definition) is 7. The van der Waals surface area contributed by atoms with Crippen molar-refractivity contribution in [2.45, 2.75) is 22.6 Å². The van der Waals surface area contributed by atoms with Crippen LogP contribution in [0.5, 0.6) is 0 Å². The Kier molecular flexibility index (Phi) is 7.12. The molecule has 0 spiro atoms. The molecule has 1 aromatic heterocycles. The van der Waals surface area contributed by atoms with Gasteiger partial charge in [-0.15, -0.1) is 0 Å². The van der Waals surface area contributed by atoms with E-state index in [1.165, 1.54) is 33.2 Å². The Hall–Kier alpha value is -3.50. The molecule has 0 bridgehead atoms. The predicted octanol–water partition coefficient (Wildman–Crippen LogP) is 2.53. The summed E-state index contributed by atoms with van der Waals surface area (Å²) in [5, 5.41) is 9.11. The van der Waals surface area contributed by atoms with Crippen molar-refractivity contribution in [3.05, 3.63) is 74.9 Å². The molecule has 0 amide bonds. The SMILES string of the molecule is Cn1c(N2CCN(CCN3c4ccccc4Sc4ccc(CCC(=O)O)cc43)CC2)cc(=O)n(C)c1=O. The maximum absolute atomic E-state index is 12.3. The third-order valence-corrected chi connectivity index (χ3v) is 8.28. The average Bonchev–Trinajstić information content (AvgIpc) is 2.91. The smallest absolute Gasteiger partial charge is 0.332 e. The van der Waals surface area contributed by atoms with Crippen LogP contribution in [0.2, 0.25) is 0 Å². The molecule has 1 N–H and O–H groups in total. The Bertz CT molecular complexity index is 1440. The highest BCUT2D eigenvalue weighted by Crippen LogP contribution is 2.48. The first-order valence-electron chi connectivity index (χ1n) is 12.5. The average molecular weight is 522 g/mol. The summed E-state index contributed by atoms with van der Waals surface area (Å²) in [5.41, 5.74) is 2.72. The molecular weight excluding hydrogens is 490 g/mol. The molecule has 10 heteroatoms. The number of rotatable bonds is 7. The van der Waals surface area contributed by atoms with Gasteiger partial charge in [-0.05, 0) is 36.2 Å². The first-order chi connectivity index (χ1) is 17.8. The van der Waals surface area contributed by atoms with E-state index < -0.39 is 5.97 Å². The molecule has 9 nitrogen and oxygen atoms in total. The van der Waals surface area contributed by atoms with Crippen molar-refractivity contribution in [1.82, 2.24) is 14.0 Å². The number of carboxylic acid groups (broad SMARTS) is 1. The van der Waals surface area contributed by atoms with E-state index in [1.54, 1.807) is 18.8 Å². The molecule has 3 aromatic rings. The summed E-state index contributed by atoms with van der Waals surface area (Å²) in [7, 11) is 3.20. The van der Waals surface area contributed by atoms with E-state index in [0.717, 1.165) is 55.1 Å². The van der Waals surface area contributed by atoms with Gasteiger partial charge in [0.15, 0.2) is 0 Å². The molecule has 2 aromatic carbocycles. The highest BCUT2D eigenvalue weighted by Gasteiger charge is 2.25. The second-order valence-corrected chi connectivity index (χ2v) is 10.6. The highest BCUT2D eigenvalue weighted by atomic mass is 32.2. The second kappa shape index (κ2) is 10.5. The number of para-hydroxylation sites is 1. The number of aliphatic carboxylic acids is 1. The van der Waals surface area contributed by atoms with Crippen molar-refractivity contribution >= 4 is 34.9 Å². The number of nitrogens with zero attached hydrogens (tertiary/aromatic N) is 5. The number of hydrogen-bond donors (Lipinski definition) is 1. The first kappa shape index (κ1) is 25.2. The molecule has 2 aliphatic heterocycles. The number of carboxylic acids is 1. The molecule has 1 saturated heterocycles. The summed E-state index contributed by atoms with van der Waals surface area (Å²) < 4.78 is 2.66. The lowest BCUT2D eigenvalue weighted by molar-refractivity contribution is -0.136. The molecular formula is C27H31N5O4S. The van der Waals surface area contributed by atoms with Crippen LogP contribution in [-0.2, 0) is 25.3 Å². The van der Waals surface area contributed by atoms with Crippen LogP contribution in [0.1, 0.15) is 12.0 Å². The zero-order valence-corrected chi connectivity index (χ0v) is 21.9. The molecule has 0 radical (unpaired) electrons. The van der Waals surface area contributed by atoms with Crippen LogP contribution in [0.4, 0.5) is 17.2 Å². The van der Waals surface area contributed by atoms with Crippen LogP contribution < -0.4 is 21.0 Å². The van der Waals surface area contributed by atoms with Gasteiger partial charge in [-0.3, -0.25) is 23.6 Å². The van der Waals surface area contributed by atoms with E-state index in [2.05, 4.69) is 51.1 Å². The third-order valence-electron chi connectivity index (χ3n) is 7.15. The number of carbonyl (C=O) groups is 1. The van der Waals surface area contributed by atoms with Crippen LogP contribution in [0.3, 0.4) is 0 Å². The fourth-order valence-corrected chi connectivity index (χ4v) is 6.07. The largest absolute Gasteiger partial charge is 0.481 e. The van der Waals surface area contributed by atoms with Gasteiger partial charge < -0.3 is 14.9 Å². The minimum absolute atomic E-state index is 0.117. The van der Waals surface area contributed by atoms with E-state index in [-0.39, 0.29) is 17.7 Å². The molecule has 1 fully saturated rings. The molecule has 0 unspecified atom stereocenters. The van der Waals surface area contributed by atoms with Gasteiger partial charge in [-0.2, -0.15) is 0 Å². The van der Waals surface area contributed by atoms with Crippen molar-refractivity contribution in [2.24, 2.45) is 14.1 Å². The lowest BCUT2D eigenvalue weighted by Gasteiger charge is -2.39. The Morgan fingerprint density at radius 1 is 0.892 bits per heavy atom. The second-order valence-electron chi connectivity index (χ2n) is 9.49. The number of aromatic nitrogens is 2. The third kappa shape index (κ3) is 5.17. The van der Waals surface area contributed by atoms with Gasteiger partial charge in [0.25, 0.3) is 5.56 Å². The predicted molar refractivity (Wildman–Crippen MR) is 146 cm³/mol. The van der Waals surface area contributed by atoms with Crippen LogP contribution in [-0.4, -0.2) is 64.4 Å². The maximum Gasteiger partial charge on any atom is 0.332 e. The Morgan fingerprint density at radius 3 is 2.38 bits per heavy atom. The van der Waals surface area contributed by atoms with Crippen molar-refractivity contribution in [3.8, 4) is 0 Å². The summed E-state index contributed by atoms with van der Waals surface area (Å²) >= 11 is 1.75. The normalized spacial score (nSPS) is 15.4. The number of anilines is 3. The molecule has 0 atom stereocenters. The summed E-state index contributed by atoms with van der Waals surface area (Å²) in [4.78, 5) is 44.9. The van der Waals surface area contributed by atoms with E-state index in [9.17, 15) is 14.4 Å².